The molecule has 0 atom stereocenters. The van der Waals surface area contributed by atoms with Gasteiger partial charge in [-0.3, -0.25) is 5.10 Å². The molecule has 0 bridgehead atoms. The van der Waals surface area contributed by atoms with Crippen molar-refractivity contribution in [1.82, 2.24) is 14.9 Å². The molecule has 0 saturated heterocycles. The SMILES string of the molecule is CCCCC=Nn1c(CC)n[nH]c1=S. The van der Waals surface area contributed by atoms with E-state index in [1.807, 2.05) is 13.1 Å². The summed E-state index contributed by atoms with van der Waals surface area (Å²) in [4.78, 5) is 0. The first kappa shape index (κ1) is 11.1. The zero-order valence-corrected chi connectivity index (χ0v) is 9.47. The van der Waals surface area contributed by atoms with Crippen molar-refractivity contribution in [2.24, 2.45) is 5.10 Å². The van der Waals surface area contributed by atoms with Gasteiger partial charge in [0.1, 0.15) is 0 Å². The first-order valence-corrected chi connectivity index (χ1v) is 5.39. The quantitative estimate of drug-likeness (QED) is 0.463. The van der Waals surface area contributed by atoms with Crippen LogP contribution in [0, 0.1) is 4.77 Å². The highest BCUT2D eigenvalue weighted by atomic mass is 32.1. The smallest absolute Gasteiger partial charge is 0.216 e. The summed E-state index contributed by atoms with van der Waals surface area (Å²) in [6, 6.07) is 0. The lowest BCUT2D eigenvalue weighted by Crippen LogP contribution is -1.96. The number of hydrogen-bond donors (Lipinski definition) is 1. The molecule has 0 fully saturated rings. The third-order valence-electron chi connectivity index (χ3n) is 1.92. The predicted octanol–water partition coefficient (Wildman–Crippen LogP) is 2.53. The Balaban J connectivity index is 2.69. The van der Waals surface area contributed by atoms with Gasteiger partial charge >= 0.3 is 0 Å². The van der Waals surface area contributed by atoms with Crippen molar-refractivity contribution in [3.8, 4) is 0 Å². The second-order valence-electron chi connectivity index (χ2n) is 3.05. The maximum Gasteiger partial charge on any atom is 0.216 e. The Kier molecular flexibility index (Phi) is 4.52. The molecule has 1 heterocycles. The number of nitrogens with zero attached hydrogens (tertiary/aromatic N) is 3. The summed E-state index contributed by atoms with van der Waals surface area (Å²) < 4.78 is 2.25. The monoisotopic (exact) mass is 212 g/mol. The van der Waals surface area contributed by atoms with Gasteiger partial charge < -0.3 is 0 Å². The maximum atomic E-state index is 5.05. The molecule has 0 radical (unpaired) electrons. The fourth-order valence-corrected chi connectivity index (χ4v) is 1.31. The Morgan fingerprint density at radius 3 is 3.00 bits per heavy atom. The molecule has 78 valence electrons. The highest BCUT2D eigenvalue weighted by Crippen LogP contribution is 1.98. The minimum Gasteiger partial charge on any atom is -0.250 e. The maximum absolute atomic E-state index is 5.05. The molecule has 4 nitrogen and oxygen atoms in total. The normalized spacial score (nSPS) is 11.3. The summed E-state index contributed by atoms with van der Waals surface area (Å²) in [5.74, 6) is 0.878. The molecule has 1 aromatic heterocycles. The molecule has 0 unspecified atom stereocenters. The van der Waals surface area contributed by atoms with E-state index in [2.05, 4.69) is 22.2 Å². The average Bonchev–Trinajstić information content (AvgIpc) is 2.55. The van der Waals surface area contributed by atoms with Crippen LogP contribution in [0.15, 0.2) is 5.10 Å². The van der Waals surface area contributed by atoms with Crippen molar-refractivity contribution in [3.63, 3.8) is 0 Å². The predicted molar refractivity (Wildman–Crippen MR) is 60.2 cm³/mol. The molecular weight excluding hydrogens is 196 g/mol. The van der Waals surface area contributed by atoms with E-state index in [4.69, 9.17) is 12.2 Å². The van der Waals surface area contributed by atoms with Gasteiger partial charge in [-0.1, -0.05) is 20.3 Å². The number of H-pyrrole nitrogens is 1. The Labute approximate surface area is 89.0 Å². The van der Waals surface area contributed by atoms with E-state index in [1.54, 1.807) is 4.68 Å². The van der Waals surface area contributed by atoms with Crippen LogP contribution in [-0.2, 0) is 6.42 Å². The van der Waals surface area contributed by atoms with Crippen molar-refractivity contribution >= 4 is 18.4 Å². The number of unbranched alkanes of at least 4 members (excludes halogenated alkanes) is 2. The van der Waals surface area contributed by atoms with E-state index in [1.165, 1.54) is 6.42 Å². The fourth-order valence-electron chi connectivity index (χ4n) is 1.11. The van der Waals surface area contributed by atoms with Gasteiger partial charge in [-0.05, 0) is 25.1 Å². The molecule has 0 aromatic carbocycles. The summed E-state index contributed by atoms with van der Waals surface area (Å²) >= 11 is 5.05. The molecule has 14 heavy (non-hydrogen) atoms. The van der Waals surface area contributed by atoms with Crippen molar-refractivity contribution in [1.29, 1.82) is 0 Å². The zero-order valence-electron chi connectivity index (χ0n) is 8.66. The molecule has 0 aliphatic carbocycles. The van der Waals surface area contributed by atoms with Gasteiger partial charge in [-0.2, -0.15) is 14.9 Å². The second-order valence-corrected chi connectivity index (χ2v) is 3.44. The number of rotatable bonds is 5. The standard InChI is InChI=1S/C9H16N4S/c1-3-5-6-7-10-13-8(4-2)11-12-9(13)14/h7H,3-6H2,1-2H3,(H,12,14). The lowest BCUT2D eigenvalue weighted by molar-refractivity contribution is 0.768. The zero-order chi connectivity index (χ0) is 10.4. The van der Waals surface area contributed by atoms with Gasteiger partial charge in [0.25, 0.3) is 0 Å². The molecule has 1 rings (SSSR count). The number of hydrogen-bond acceptors (Lipinski definition) is 3. The lowest BCUT2D eigenvalue weighted by Gasteiger charge is -1.95. The summed E-state index contributed by atoms with van der Waals surface area (Å²) in [6.07, 6.45) is 6.07. The third-order valence-corrected chi connectivity index (χ3v) is 2.18. The Morgan fingerprint density at radius 2 is 2.36 bits per heavy atom. The first-order chi connectivity index (χ1) is 6.79. The van der Waals surface area contributed by atoms with Gasteiger partial charge in [0.2, 0.25) is 4.77 Å². The van der Waals surface area contributed by atoms with Gasteiger partial charge in [-0.25, -0.2) is 0 Å². The molecule has 1 aromatic rings. The van der Waals surface area contributed by atoms with Crippen LogP contribution in [0.25, 0.3) is 0 Å². The van der Waals surface area contributed by atoms with E-state index in [0.29, 0.717) is 4.77 Å². The minimum absolute atomic E-state index is 0.564. The van der Waals surface area contributed by atoms with Crippen molar-refractivity contribution in [2.75, 3.05) is 0 Å². The topological polar surface area (TPSA) is 46.0 Å². The van der Waals surface area contributed by atoms with Crippen LogP contribution in [-0.4, -0.2) is 21.1 Å². The van der Waals surface area contributed by atoms with E-state index in [9.17, 15) is 0 Å². The van der Waals surface area contributed by atoms with E-state index in [-0.39, 0.29) is 0 Å². The van der Waals surface area contributed by atoms with Crippen LogP contribution >= 0.6 is 12.2 Å². The highest BCUT2D eigenvalue weighted by molar-refractivity contribution is 7.71. The van der Waals surface area contributed by atoms with Crippen LogP contribution in [0.1, 0.15) is 38.9 Å². The lowest BCUT2D eigenvalue weighted by atomic mass is 10.3. The van der Waals surface area contributed by atoms with Crippen LogP contribution in [0.3, 0.4) is 0 Å². The number of aromatic nitrogens is 3. The van der Waals surface area contributed by atoms with E-state index >= 15 is 0 Å². The van der Waals surface area contributed by atoms with Crippen LogP contribution < -0.4 is 0 Å². The van der Waals surface area contributed by atoms with Crippen LogP contribution in [0.4, 0.5) is 0 Å². The van der Waals surface area contributed by atoms with E-state index in [0.717, 1.165) is 25.1 Å². The molecule has 0 spiro atoms. The van der Waals surface area contributed by atoms with Gasteiger partial charge in [0, 0.05) is 12.6 Å². The number of nitrogens with one attached hydrogen (secondary N) is 1. The molecule has 5 heteroatoms. The van der Waals surface area contributed by atoms with Gasteiger partial charge in [0.15, 0.2) is 5.82 Å². The third kappa shape index (κ3) is 2.77. The molecule has 1 N–H and O–H groups in total. The summed E-state index contributed by atoms with van der Waals surface area (Å²) in [7, 11) is 0. The van der Waals surface area contributed by atoms with Gasteiger partial charge in [-0.15, -0.1) is 0 Å². The minimum atomic E-state index is 0.564. The van der Waals surface area contributed by atoms with Crippen molar-refractivity contribution < 1.29 is 0 Å². The second kappa shape index (κ2) is 5.70. The Morgan fingerprint density at radius 1 is 1.57 bits per heavy atom. The Bertz CT molecular complexity index is 350. The number of aryl methyl sites for hydroxylation is 1. The molecular formula is C9H16N4S. The first-order valence-electron chi connectivity index (χ1n) is 4.98. The van der Waals surface area contributed by atoms with E-state index < -0.39 is 0 Å². The largest absolute Gasteiger partial charge is 0.250 e. The van der Waals surface area contributed by atoms with Crippen LogP contribution in [0.2, 0.25) is 0 Å². The molecule has 0 aliphatic rings. The fraction of sp³-hybridized carbons (Fsp3) is 0.667. The summed E-state index contributed by atoms with van der Waals surface area (Å²) in [5.41, 5.74) is 0. The van der Waals surface area contributed by atoms with Crippen molar-refractivity contribution in [3.05, 3.63) is 10.6 Å². The van der Waals surface area contributed by atoms with Crippen molar-refractivity contribution in [2.45, 2.75) is 39.5 Å². The summed E-state index contributed by atoms with van der Waals surface area (Å²) in [5, 5.41) is 11.1. The molecule has 0 saturated carbocycles. The average molecular weight is 212 g/mol. The number of aromatic amines is 1. The molecule has 0 amide bonds. The van der Waals surface area contributed by atoms with Crippen LogP contribution in [0.5, 0.6) is 0 Å². The van der Waals surface area contributed by atoms with Gasteiger partial charge in [0.05, 0.1) is 0 Å². The Hall–Kier alpha value is -0.970. The molecule has 0 aliphatic heterocycles. The highest BCUT2D eigenvalue weighted by Gasteiger charge is 2.00. The summed E-state index contributed by atoms with van der Waals surface area (Å²) in [6.45, 7) is 4.19.